The van der Waals surface area contributed by atoms with Gasteiger partial charge in [-0.2, -0.15) is 4.52 Å². The molecule has 0 aliphatic heterocycles. The van der Waals surface area contributed by atoms with Gasteiger partial charge in [-0.1, -0.05) is 13.3 Å². The molecule has 1 unspecified atom stereocenters. The van der Waals surface area contributed by atoms with Crippen LogP contribution < -0.4 is 11.1 Å². The Bertz CT molecular complexity index is 452. The quantitative estimate of drug-likeness (QED) is 0.741. The molecule has 0 bridgehead atoms. The third-order valence-corrected chi connectivity index (χ3v) is 2.31. The number of nitrogens with zero attached hydrogens (tertiary/aromatic N) is 5. The van der Waals surface area contributed by atoms with Gasteiger partial charge in [0.25, 0.3) is 0 Å². The minimum Gasteiger partial charge on any atom is -0.367 e. The number of nitrogens with one attached hydrogen (secondary N) is 1. The zero-order valence-electron chi connectivity index (χ0n) is 9.17. The molecule has 0 radical (unpaired) electrons. The summed E-state index contributed by atoms with van der Waals surface area (Å²) in [5, 5.41) is 14.4. The van der Waals surface area contributed by atoms with Crippen molar-refractivity contribution in [2.24, 2.45) is 5.73 Å². The molecular formula is C9H15N7. The van der Waals surface area contributed by atoms with Crippen LogP contribution in [-0.4, -0.2) is 37.6 Å². The molecule has 0 aliphatic carbocycles. The molecule has 2 heterocycles. The van der Waals surface area contributed by atoms with Gasteiger partial charge in [-0.05, 0) is 16.8 Å². The first-order valence-electron chi connectivity index (χ1n) is 5.33. The van der Waals surface area contributed by atoms with E-state index >= 15 is 0 Å². The molecule has 86 valence electrons. The number of anilines is 1. The molecule has 0 saturated heterocycles. The lowest BCUT2D eigenvalue weighted by atomic mass is 10.2. The van der Waals surface area contributed by atoms with Crippen LogP contribution in [0.15, 0.2) is 12.4 Å². The van der Waals surface area contributed by atoms with Gasteiger partial charge in [0.15, 0.2) is 5.65 Å². The van der Waals surface area contributed by atoms with Crippen molar-refractivity contribution in [2.75, 3.05) is 11.9 Å². The van der Waals surface area contributed by atoms with Gasteiger partial charge in [0.05, 0.1) is 12.4 Å². The van der Waals surface area contributed by atoms with Crippen LogP contribution in [0.1, 0.15) is 19.8 Å². The van der Waals surface area contributed by atoms with E-state index in [1.807, 2.05) is 0 Å². The van der Waals surface area contributed by atoms with Crippen molar-refractivity contribution >= 4 is 11.5 Å². The van der Waals surface area contributed by atoms with Crippen molar-refractivity contribution < 1.29 is 0 Å². The summed E-state index contributed by atoms with van der Waals surface area (Å²) in [6.07, 6.45) is 5.36. The normalized spacial score (nSPS) is 12.9. The molecule has 0 aromatic carbocycles. The second kappa shape index (κ2) is 4.84. The maximum atomic E-state index is 5.91. The molecule has 2 aromatic heterocycles. The van der Waals surface area contributed by atoms with E-state index in [0.717, 1.165) is 18.7 Å². The molecule has 7 heteroatoms. The molecule has 0 aliphatic rings. The molecule has 7 nitrogen and oxygen atoms in total. The summed E-state index contributed by atoms with van der Waals surface area (Å²) < 4.78 is 1.60. The Balaban J connectivity index is 2.06. The fraction of sp³-hybridized carbons (Fsp3) is 0.556. The highest BCUT2D eigenvalue weighted by molar-refractivity contribution is 5.43. The maximum Gasteiger partial charge on any atom is 0.199 e. The third-order valence-electron chi connectivity index (χ3n) is 2.31. The Morgan fingerprint density at radius 2 is 2.38 bits per heavy atom. The van der Waals surface area contributed by atoms with Gasteiger partial charge in [0.2, 0.25) is 0 Å². The Kier molecular flexibility index (Phi) is 3.25. The van der Waals surface area contributed by atoms with Gasteiger partial charge < -0.3 is 11.1 Å². The molecule has 0 amide bonds. The number of hydrogen-bond donors (Lipinski definition) is 2. The van der Waals surface area contributed by atoms with Gasteiger partial charge in [0, 0.05) is 12.6 Å². The van der Waals surface area contributed by atoms with E-state index in [2.05, 4.69) is 32.7 Å². The summed E-state index contributed by atoms with van der Waals surface area (Å²) in [6.45, 7) is 2.80. The predicted molar refractivity (Wildman–Crippen MR) is 60.0 cm³/mol. The minimum atomic E-state index is 0.136. The zero-order chi connectivity index (χ0) is 11.4. The molecule has 1 atom stereocenters. The van der Waals surface area contributed by atoms with Crippen molar-refractivity contribution in [3.05, 3.63) is 12.4 Å². The van der Waals surface area contributed by atoms with Crippen molar-refractivity contribution in [1.82, 2.24) is 25.0 Å². The highest BCUT2D eigenvalue weighted by Gasteiger charge is 2.05. The van der Waals surface area contributed by atoms with Crippen molar-refractivity contribution in [1.29, 1.82) is 0 Å². The van der Waals surface area contributed by atoms with Gasteiger partial charge in [-0.25, -0.2) is 0 Å². The smallest absolute Gasteiger partial charge is 0.199 e. The van der Waals surface area contributed by atoms with E-state index in [-0.39, 0.29) is 6.04 Å². The summed E-state index contributed by atoms with van der Waals surface area (Å²) in [5.74, 6) is 0.758. The zero-order valence-corrected chi connectivity index (χ0v) is 9.17. The van der Waals surface area contributed by atoms with Crippen LogP contribution in [0.2, 0.25) is 0 Å². The van der Waals surface area contributed by atoms with Gasteiger partial charge in [-0.15, -0.1) is 5.10 Å². The fourth-order valence-corrected chi connectivity index (χ4v) is 1.50. The van der Waals surface area contributed by atoms with Crippen molar-refractivity contribution in [3.8, 4) is 0 Å². The van der Waals surface area contributed by atoms with Crippen LogP contribution in [0, 0.1) is 0 Å². The molecule has 2 rings (SSSR count). The lowest BCUT2D eigenvalue weighted by Crippen LogP contribution is -2.29. The Morgan fingerprint density at radius 1 is 1.50 bits per heavy atom. The molecular weight excluding hydrogens is 206 g/mol. The molecule has 2 aromatic rings. The van der Waals surface area contributed by atoms with Gasteiger partial charge >= 0.3 is 0 Å². The van der Waals surface area contributed by atoms with Crippen molar-refractivity contribution in [2.45, 2.75) is 25.8 Å². The standard InChI is InChI=1S/C9H15N7/c1-2-3-7(10)4-12-8-5-11-6-9-13-14-15-16(8)9/h5-7,12H,2-4,10H2,1H3. The summed E-state index contributed by atoms with van der Waals surface area (Å²) in [7, 11) is 0. The van der Waals surface area contributed by atoms with Crippen molar-refractivity contribution in [3.63, 3.8) is 0 Å². The van der Waals surface area contributed by atoms with E-state index in [4.69, 9.17) is 5.73 Å². The number of rotatable bonds is 5. The lowest BCUT2D eigenvalue weighted by Gasteiger charge is -2.12. The van der Waals surface area contributed by atoms with E-state index in [9.17, 15) is 0 Å². The summed E-state index contributed by atoms with van der Waals surface area (Å²) in [5.41, 5.74) is 6.53. The van der Waals surface area contributed by atoms with E-state index in [1.165, 1.54) is 0 Å². The predicted octanol–water partition coefficient (Wildman–Crippen LogP) is 0.0586. The summed E-state index contributed by atoms with van der Waals surface area (Å²) in [6, 6.07) is 0.136. The maximum absolute atomic E-state index is 5.91. The molecule has 3 N–H and O–H groups in total. The molecule has 16 heavy (non-hydrogen) atoms. The SMILES string of the molecule is CCCC(N)CNc1cncc2nnnn12. The largest absolute Gasteiger partial charge is 0.367 e. The highest BCUT2D eigenvalue weighted by atomic mass is 15.5. The topological polar surface area (TPSA) is 94.0 Å². The third kappa shape index (κ3) is 2.25. The first-order valence-corrected chi connectivity index (χ1v) is 5.33. The summed E-state index contributed by atoms with van der Waals surface area (Å²) >= 11 is 0. The second-order valence-corrected chi connectivity index (χ2v) is 3.67. The first-order chi connectivity index (χ1) is 7.81. The van der Waals surface area contributed by atoms with E-state index in [0.29, 0.717) is 12.2 Å². The number of aromatic nitrogens is 5. The average molecular weight is 221 g/mol. The van der Waals surface area contributed by atoms with Crippen LogP contribution in [0.3, 0.4) is 0 Å². The molecule has 0 saturated carbocycles. The van der Waals surface area contributed by atoms with Crippen LogP contribution >= 0.6 is 0 Å². The molecule has 0 spiro atoms. The lowest BCUT2D eigenvalue weighted by molar-refractivity contribution is 0.624. The fourth-order valence-electron chi connectivity index (χ4n) is 1.50. The second-order valence-electron chi connectivity index (χ2n) is 3.67. The van der Waals surface area contributed by atoms with E-state index < -0.39 is 0 Å². The monoisotopic (exact) mass is 221 g/mol. The average Bonchev–Trinajstić information content (AvgIpc) is 2.75. The number of fused-ring (bicyclic) bond motifs is 1. The van der Waals surface area contributed by atoms with Gasteiger partial charge in [0.1, 0.15) is 5.82 Å². The number of hydrogen-bond acceptors (Lipinski definition) is 6. The van der Waals surface area contributed by atoms with Crippen LogP contribution in [0.25, 0.3) is 5.65 Å². The number of tetrazole rings is 1. The first kappa shape index (κ1) is 10.7. The highest BCUT2D eigenvalue weighted by Crippen LogP contribution is 2.06. The van der Waals surface area contributed by atoms with Crippen LogP contribution in [0.5, 0.6) is 0 Å². The minimum absolute atomic E-state index is 0.136. The molecule has 0 fully saturated rings. The summed E-state index contributed by atoms with van der Waals surface area (Å²) in [4.78, 5) is 4.04. The Labute approximate surface area is 93.0 Å². The van der Waals surface area contributed by atoms with E-state index in [1.54, 1.807) is 16.9 Å². The Morgan fingerprint density at radius 3 is 3.19 bits per heavy atom. The van der Waals surface area contributed by atoms with Crippen LogP contribution in [0.4, 0.5) is 5.82 Å². The number of nitrogens with two attached hydrogens (primary N) is 1. The Hall–Kier alpha value is -1.76. The van der Waals surface area contributed by atoms with Crippen LogP contribution in [-0.2, 0) is 0 Å². The van der Waals surface area contributed by atoms with Gasteiger partial charge in [-0.3, -0.25) is 4.98 Å².